The number of carbonyl (C=O) groups is 1. The van der Waals surface area contributed by atoms with E-state index in [-0.39, 0.29) is 5.91 Å². The van der Waals surface area contributed by atoms with Crippen LogP contribution in [0, 0.1) is 0 Å². The van der Waals surface area contributed by atoms with E-state index in [1.54, 1.807) is 19.4 Å². The third-order valence-electron chi connectivity index (χ3n) is 3.81. The second-order valence-corrected chi connectivity index (χ2v) is 5.94. The van der Waals surface area contributed by atoms with Gasteiger partial charge in [-0.2, -0.15) is 5.10 Å². The molecule has 142 valence electrons. The van der Waals surface area contributed by atoms with Crippen molar-refractivity contribution in [3.8, 4) is 11.5 Å². The summed E-state index contributed by atoms with van der Waals surface area (Å²) in [6.07, 6.45) is 8.07. The number of nitrogens with one attached hydrogen (secondary N) is 1. The minimum atomic E-state index is -0.294. The first-order chi connectivity index (χ1) is 13.2. The van der Waals surface area contributed by atoms with Crippen molar-refractivity contribution in [2.45, 2.75) is 26.2 Å². The third kappa shape index (κ3) is 7.36. The zero-order valence-corrected chi connectivity index (χ0v) is 15.9. The number of benzene rings is 2. The van der Waals surface area contributed by atoms with Crippen LogP contribution >= 0.6 is 0 Å². The van der Waals surface area contributed by atoms with Gasteiger partial charge in [-0.15, -0.1) is 0 Å². The number of unbranched alkanes of at least 4 members (excludes halogenated alkanes) is 2. The normalized spacial score (nSPS) is 11.0. The van der Waals surface area contributed by atoms with Crippen LogP contribution in [0.4, 0.5) is 0 Å². The van der Waals surface area contributed by atoms with Crippen LogP contribution in [0.1, 0.15) is 37.3 Å². The lowest BCUT2D eigenvalue weighted by Gasteiger charge is -2.11. The van der Waals surface area contributed by atoms with E-state index in [1.165, 1.54) is 6.08 Å². The van der Waals surface area contributed by atoms with E-state index in [9.17, 15) is 4.79 Å². The quantitative estimate of drug-likeness (QED) is 0.293. The first-order valence-electron chi connectivity index (χ1n) is 9.10. The average molecular weight is 366 g/mol. The summed E-state index contributed by atoms with van der Waals surface area (Å²) in [6.45, 7) is 2.83. The van der Waals surface area contributed by atoms with Crippen LogP contribution in [0.5, 0.6) is 11.5 Å². The van der Waals surface area contributed by atoms with E-state index in [1.807, 2.05) is 48.5 Å². The van der Waals surface area contributed by atoms with Crippen molar-refractivity contribution >= 4 is 18.2 Å². The number of nitrogens with zero attached hydrogens (tertiary/aromatic N) is 1. The van der Waals surface area contributed by atoms with Crippen molar-refractivity contribution in [1.29, 1.82) is 0 Å². The van der Waals surface area contributed by atoms with Crippen molar-refractivity contribution in [3.05, 3.63) is 65.7 Å². The number of methoxy groups -OCH3 is 1. The number of carbonyl (C=O) groups excluding carboxylic acids is 1. The van der Waals surface area contributed by atoms with Crippen LogP contribution in [0.25, 0.3) is 6.08 Å². The second-order valence-electron chi connectivity index (χ2n) is 5.94. The van der Waals surface area contributed by atoms with Gasteiger partial charge >= 0.3 is 0 Å². The molecule has 0 bridgehead atoms. The maximum absolute atomic E-state index is 11.8. The topological polar surface area (TPSA) is 59.9 Å². The molecule has 0 heterocycles. The summed E-state index contributed by atoms with van der Waals surface area (Å²) in [7, 11) is 1.60. The summed E-state index contributed by atoms with van der Waals surface area (Å²) >= 11 is 0. The van der Waals surface area contributed by atoms with E-state index in [2.05, 4.69) is 17.5 Å². The fraction of sp³-hybridized carbons (Fsp3) is 0.273. The molecular formula is C22H26N2O3. The second kappa shape index (κ2) is 11.5. The predicted octanol–water partition coefficient (Wildman–Crippen LogP) is 4.43. The number of ether oxygens (including phenoxy) is 2. The molecule has 0 aliphatic rings. The molecule has 0 spiro atoms. The Hall–Kier alpha value is -3.08. The van der Waals surface area contributed by atoms with Crippen molar-refractivity contribution in [2.24, 2.45) is 5.10 Å². The number of hydrazone groups is 1. The zero-order chi connectivity index (χ0) is 19.3. The Morgan fingerprint density at radius 3 is 2.63 bits per heavy atom. The van der Waals surface area contributed by atoms with Gasteiger partial charge in [0.25, 0.3) is 5.91 Å². The van der Waals surface area contributed by atoms with Gasteiger partial charge in [0, 0.05) is 6.08 Å². The van der Waals surface area contributed by atoms with Crippen LogP contribution in [-0.2, 0) is 4.79 Å². The number of rotatable bonds is 10. The Morgan fingerprint density at radius 1 is 1.07 bits per heavy atom. The van der Waals surface area contributed by atoms with Crippen molar-refractivity contribution in [2.75, 3.05) is 13.7 Å². The van der Waals surface area contributed by atoms with Gasteiger partial charge in [0.2, 0.25) is 0 Å². The first kappa shape index (κ1) is 20.2. The average Bonchev–Trinajstić information content (AvgIpc) is 2.71. The van der Waals surface area contributed by atoms with Gasteiger partial charge in [0.15, 0.2) is 11.5 Å². The largest absolute Gasteiger partial charge is 0.493 e. The molecule has 0 aromatic heterocycles. The van der Waals surface area contributed by atoms with Gasteiger partial charge < -0.3 is 9.47 Å². The van der Waals surface area contributed by atoms with Gasteiger partial charge in [-0.25, -0.2) is 5.43 Å². The molecule has 0 radical (unpaired) electrons. The summed E-state index contributed by atoms with van der Waals surface area (Å²) in [5.74, 6) is 1.06. The van der Waals surface area contributed by atoms with E-state index < -0.39 is 0 Å². The lowest BCUT2D eigenvalue weighted by atomic mass is 10.2. The van der Waals surface area contributed by atoms with Crippen LogP contribution in [0.3, 0.4) is 0 Å². The summed E-state index contributed by atoms with van der Waals surface area (Å²) in [5.41, 5.74) is 4.23. The molecule has 0 aliphatic carbocycles. The zero-order valence-electron chi connectivity index (χ0n) is 15.9. The summed E-state index contributed by atoms with van der Waals surface area (Å²) in [5, 5.41) is 3.97. The predicted molar refractivity (Wildman–Crippen MR) is 109 cm³/mol. The highest BCUT2D eigenvalue weighted by Gasteiger charge is 2.05. The Morgan fingerprint density at radius 2 is 1.89 bits per heavy atom. The molecule has 0 fully saturated rings. The van der Waals surface area contributed by atoms with Crippen LogP contribution < -0.4 is 14.9 Å². The van der Waals surface area contributed by atoms with Crippen molar-refractivity contribution in [3.63, 3.8) is 0 Å². The highest BCUT2D eigenvalue weighted by Crippen LogP contribution is 2.27. The molecule has 27 heavy (non-hydrogen) atoms. The lowest BCUT2D eigenvalue weighted by Crippen LogP contribution is -2.14. The van der Waals surface area contributed by atoms with Gasteiger partial charge in [-0.3, -0.25) is 4.79 Å². The molecule has 2 aromatic carbocycles. The lowest BCUT2D eigenvalue weighted by molar-refractivity contribution is -0.116. The van der Waals surface area contributed by atoms with Crippen molar-refractivity contribution in [1.82, 2.24) is 5.43 Å². The third-order valence-corrected chi connectivity index (χ3v) is 3.81. The maximum atomic E-state index is 11.8. The Kier molecular flexibility index (Phi) is 8.63. The van der Waals surface area contributed by atoms with Gasteiger partial charge in [-0.1, -0.05) is 50.1 Å². The number of hydrogen-bond donors (Lipinski definition) is 1. The molecule has 5 heteroatoms. The van der Waals surface area contributed by atoms with E-state index in [0.29, 0.717) is 18.1 Å². The van der Waals surface area contributed by atoms with Gasteiger partial charge in [-0.05, 0) is 41.8 Å². The maximum Gasteiger partial charge on any atom is 0.264 e. The highest BCUT2D eigenvalue weighted by molar-refractivity contribution is 5.92. The summed E-state index contributed by atoms with van der Waals surface area (Å²) < 4.78 is 11.1. The summed E-state index contributed by atoms with van der Waals surface area (Å²) in [6, 6.07) is 15.1. The van der Waals surface area contributed by atoms with Crippen LogP contribution in [0.15, 0.2) is 59.7 Å². The van der Waals surface area contributed by atoms with E-state index in [4.69, 9.17) is 9.47 Å². The van der Waals surface area contributed by atoms with E-state index >= 15 is 0 Å². The molecule has 2 rings (SSSR count). The van der Waals surface area contributed by atoms with E-state index in [0.717, 1.165) is 30.4 Å². The fourth-order valence-electron chi connectivity index (χ4n) is 2.36. The van der Waals surface area contributed by atoms with Crippen LogP contribution in [-0.4, -0.2) is 25.8 Å². The number of amides is 1. The van der Waals surface area contributed by atoms with Crippen molar-refractivity contribution < 1.29 is 14.3 Å². The molecule has 0 saturated heterocycles. The Balaban J connectivity index is 1.88. The SMILES string of the molecule is CCCCCOc1ccc(/C=N/NC(=O)/C=C/c2ccccc2)cc1OC. The summed E-state index contributed by atoms with van der Waals surface area (Å²) in [4.78, 5) is 11.8. The molecule has 0 atom stereocenters. The molecule has 0 unspecified atom stereocenters. The minimum Gasteiger partial charge on any atom is -0.493 e. The molecule has 0 saturated carbocycles. The Bertz CT molecular complexity index is 770. The smallest absolute Gasteiger partial charge is 0.264 e. The van der Waals surface area contributed by atoms with Crippen LogP contribution in [0.2, 0.25) is 0 Å². The van der Waals surface area contributed by atoms with Gasteiger partial charge in [0.1, 0.15) is 0 Å². The molecule has 5 nitrogen and oxygen atoms in total. The highest BCUT2D eigenvalue weighted by atomic mass is 16.5. The molecule has 1 amide bonds. The molecular weight excluding hydrogens is 340 g/mol. The monoisotopic (exact) mass is 366 g/mol. The Labute approximate surface area is 160 Å². The first-order valence-corrected chi connectivity index (χ1v) is 9.10. The standard InChI is InChI=1S/C22H26N2O3/c1-3-4-8-15-27-20-13-11-19(16-21(20)26-2)17-23-24-22(25)14-12-18-9-6-5-7-10-18/h5-7,9-14,16-17H,3-4,8,15H2,1-2H3,(H,24,25)/b14-12+,23-17+. The molecule has 0 aliphatic heterocycles. The fourth-order valence-corrected chi connectivity index (χ4v) is 2.36. The minimum absolute atomic E-state index is 0.294. The van der Waals surface area contributed by atoms with Gasteiger partial charge in [0.05, 0.1) is 19.9 Å². The number of hydrogen-bond acceptors (Lipinski definition) is 4. The molecule has 1 N–H and O–H groups in total. The molecule has 2 aromatic rings.